The van der Waals surface area contributed by atoms with Gasteiger partial charge >= 0.3 is 11.9 Å². The van der Waals surface area contributed by atoms with Crippen molar-refractivity contribution in [3.8, 4) is 40.2 Å². The van der Waals surface area contributed by atoms with Crippen molar-refractivity contribution >= 4 is 11.9 Å². The van der Waals surface area contributed by atoms with Gasteiger partial charge in [0.15, 0.2) is 29.6 Å². The van der Waals surface area contributed by atoms with E-state index in [2.05, 4.69) is 0 Å². The number of benzene rings is 3. The van der Waals surface area contributed by atoms with Crippen LogP contribution in [0, 0.1) is 0 Å². The molecule has 0 unspecified atom stereocenters. The first-order valence-corrected chi connectivity index (χ1v) is 13.1. The van der Waals surface area contributed by atoms with Crippen molar-refractivity contribution in [2.24, 2.45) is 0 Å². The fourth-order valence-corrected chi connectivity index (χ4v) is 5.58. The van der Waals surface area contributed by atoms with Crippen LogP contribution < -0.4 is 33.2 Å². The zero-order valence-electron chi connectivity index (χ0n) is 23.5. The summed E-state index contributed by atoms with van der Waals surface area (Å²) in [6, 6.07) is 11.4. The maximum Gasteiger partial charge on any atom is 0.341 e. The lowest BCUT2D eigenvalue weighted by Crippen LogP contribution is -2.33. The minimum atomic E-state index is -1.20. The molecule has 12 heteroatoms. The number of hydrogen-bond donors (Lipinski definition) is 2. The van der Waals surface area contributed by atoms with Crippen LogP contribution in [0.2, 0.25) is 0 Å². The van der Waals surface area contributed by atoms with E-state index >= 15 is 0 Å². The number of hydrogen-bond acceptors (Lipinski definition) is 10. The van der Waals surface area contributed by atoms with Gasteiger partial charge in [-0.15, -0.1) is 0 Å². The molecule has 42 heavy (non-hydrogen) atoms. The summed E-state index contributed by atoms with van der Waals surface area (Å²) < 4.78 is 39.6. The summed E-state index contributed by atoms with van der Waals surface area (Å²) >= 11 is 0. The lowest BCUT2D eigenvalue weighted by Gasteiger charge is -2.31. The third-order valence-electron chi connectivity index (χ3n) is 7.10. The van der Waals surface area contributed by atoms with E-state index in [9.17, 15) is 19.8 Å². The average molecular weight is 582 g/mol. The number of fused-ring (bicyclic) bond motifs is 2. The van der Waals surface area contributed by atoms with Crippen LogP contribution in [0.5, 0.6) is 40.2 Å². The molecule has 5 rings (SSSR count). The molecule has 12 nitrogen and oxygen atoms in total. The molecule has 0 saturated carbocycles. The Balaban J connectivity index is 1.79. The van der Waals surface area contributed by atoms with E-state index in [-0.39, 0.29) is 36.3 Å². The fourth-order valence-electron chi connectivity index (χ4n) is 5.58. The first kappa shape index (κ1) is 28.7. The highest BCUT2D eigenvalue weighted by molar-refractivity contribution is 5.72. The van der Waals surface area contributed by atoms with Crippen LogP contribution in [0.25, 0.3) is 0 Å². The van der Waals surface area contributed by atoms with E-state index in [0.29, 0.717) is 29.4 Å². The van der Waals surface area contributed by atoms with Crippen LogP contribution >= 0.6 is 0 Å². The van der Waals surface area contributed by atoms with Crippen molar-refractivity contribution in [2.45, 2.75) is 19.0 Å². The number of aliphatic carboxylic acids is 2. The summed E-state index contributed by atoms with van der Waals surface area (Å²) in [5.41, 5.74) is 2.75. The number of carboxylic acids is 2. The molecule has 2 aliphatic heterocycles. The molecule has 2 aliphatic rings. The van der Waals surface area contributed by atoms with Gasteiger partial charge in [-0.3, -0.25) is 9.69 Å². The Kier molecular flexibility index (Phi) is 8.16. The highest BCUT2D eigenvalue weighted by atomic mass is 16.7. The van der Waals surface area contributed by atoms with Crippen LogP contribution in [0.3, 0.4) is 0 Å². The van der Waals surface area contributed by atoms with Crippen LogP contribution in [-0.4, -0.2) is 74.9 Å². The minimum absolute atomic E-state index is 0.0806. The van der Waals surface area contributed by atoms with Gasteiger partial charge in [0.25, 0.3) is 0 Å². The second-order valence-corrected chi connectivity index (χ2v) is 9.45. The maximum atomic E-state index is 12.4. The minimum Gasteiger partial charge on any atom is -0.494 e. The summed E-state index contributed by atoms with van der Waals surface area (Å²) in [6.07, 6.45) is 0. The van der Waals surface area contributed by atoms with E-state index in [4.69, 9.17) is 33.2 Å². The van der Waals surface area contributed by atoms with Gasteiger partial charge in [0.2, 0.25) is 18.3 Å². The Morgan fingerprint density at radius 2 is 1.57 bits per heavy atom. The van der Waals surface area contributed by atoms with Crippen molar-refractivity contribution in [3.63, 3.8) is 0 Å². The van der Waals surface area contributed by atoms with Crippen LogP contribution in [0.4, 0.5) is 0 Å². The molecule has 0 fully saturated rings. The Morgan fingerprint density at radius 3 is 2.24 bits per heavy atom. The summed E-state index contributed by atoms with van der Waals surface area (Å²) in [5.74, 6) is 0.139. The SMILES string of the molecule is CCOc1ccc2c(c1)[C@@H](c1cc(OC)c(OC)c(OC)c1OCC(=O)O)N(CC(=O)O)[C@@H]2c1ccc2c(c1)OCO2. The Labute approximate surface area is 241 Å². The third-order valence-corrected chi connectivity index (χ3v) is 7.10. The average Bonchev–Trinajstić information content (AvgIpc) is 3.56. The van der Waals surface area contributed by atoms with Crippen molar-refractivity contribution in [2.75, 3.05) is 47.9 Å². The Morgan fingerprint density at radius 1 is 0.810 bits per heavy atom. The molecule has 2 N–H and O–H groups in total. The highest BCUT2D eigenvalue weighted by Crippen LogP contribution is 2.56. The highest BCUT2D eigenvalue weighted by Gasteiger charge is 2.44. The molecular formula is C30H31NO11. The molecule has 3 aromatic carbocycles. The third kappa shape index (κ3) is 5.16. The molecule has 222 valence electrons. The van der Waals surface area contributed by atoms with Crippen molar-refractivity contribution in [3.05, 3.63) is 64.7 Å². The number of carboxylic acid groups (broad SMARTS) is 2. The molecule has 2 atom stereocenters. The van der Waals surface area contributed by atoms with Gasteiger partial charge in [-0.25, -0.2) is 4.79 Å². The molecule has 0 radical (unpaired) electrons. The van der Waals surface area contributed by atoms with Gasteiger partial charge in [0, 0.05) is 5.56 Å². The Bertz CT molecular complexity index is 1510. The number of rotatable bonds is 12. The summed E-state index contributed by atoms with van der Waals surface area (Å²) in [5, 5.41) is 19.6. The van der Waals surface area contributed by atoms with Crippen molar-refractivity contribution in [1.29, 1.82) is 0 Å². The molecule has 0 saturated heterocycles. The topological polar surface area (TPSA) is 142 Å². The molecule has 0 bridgehead atoms. The van der Waals surface area contributed by atoms with E-state index in [1.807, 2.05) is 37.3 Å². The summed E-state index contributed by atoms with van der Waals surface area (Å²) in [7, 11) is 4.28. The second kappa shape index (κ2) is 12.0. The van der Waals surface area contributed by atoms with E-state index in [1.54, 1.807) is 17.0 Å². The van der Waals surface area contributed by atoms with Crippen molar-refractivity contribution in [1.82, 2.24) is 4.90 Å². The standard InChI is InChI=1S/C30H31NO11/c1-5-39-17-7-8-18-19(11-17)27(20-12-23(36-2)29(37-3)30(38-4)28(20)40-14-25(34)35)31(13-24(32)33)26(18)16-6-9-21-22(10-16)42-15-41-21/h6-12,26-27H,5,13-15H2,1-4H3,(H,32,33)(H,34,35)/t26-,27+/m1/s1. The molecular weight excluding hydrogens is 550 g/mol. The van der Waals surface area contributed by atoms with Crippen molar-refractivity contribution < 1.29 is 53.0 Å². The van der Waals surface area contributed by atoms with Gasteiger partial charge in [-0.05, 0) is 53.9 Å². The first-order chi connectivity index (χ1) is 20.3. The molecule has 0 aliphatic carbocycles. The number of carbonyl (C=O) groups is 2. The number of ether oxygens (including phenoxy) is 7. The van der Waals surface area contributed by atoms with Gasteiger partial charge in [0.1, 0.15) is 5.75 Å². The smallest absolute Gasteiger partial charge is 0.341 e. The van der Waals surface area contributed by atoms with Gasteiger partial charge in [-0.2, -0.15) is 0 Å². The lowest BCUT2D eigenvalue weighted by atomic mass is 9.94. The fraction of sp³-hybridized carbons (Fsp3) is 0.333. The Hall–Kier alpha value is -4.84. The predicted octanol–water partition coefficient (Wildman–Crippen LogP) is 3.88. The quantitative estimate of drug-likeness (QED) is 0.320. The first-order valence-electron chi connectivity index (χ1n) is 13.1. The van der Waals surface area contributed by atoms with Gasteiger partial charge in [-0.1, -0.05) is 12.1 Å². The molecule has 0 spiro atoms. The van der Waals surface area contributed by atoms with E-state index < -0.39 is 30.6 Å². The predicted molar refractivity (Wildman–Crippen MR) is 147 cm³/mol. The van der Waals surface area contributed by atoms with E-state index in [0.717, 1.165) is 16.7 Å². The molecule has 3 aromatic rings. The van der Waals surface area contributed by atoms with Gasteiger partial charge < -0.3 is 43.4 Å². The monoisotopic (exact) mass is 581 g/mol. The number of methoxy groups -OCH3 is 3. The normalized spacial score (nSPS) is 17.0. The zero-order valence-corrected chi connectivity index (χ0v) is 23.5. The summed E-state index contributed by atoms with van der Waals surface area (Å²) in [6.45, 7) is 1.33. The molecule has 2 heterocycles. The van der Waals surface area contributed by atoms with Crippen LogP contribution in [0.15, 0.2) is 42.5 Å². The number of nitrogens with zero attached hydrogens (tertiary/aromatic N) is 1. The summed E-state index contributed by atoms with van der Waals surface area (Å²) in [4.78, 5) is 25.7. The lowest BCUT2D eigenvalue weighted by molar-refractivity contribution is -0.139. The maximum absolute atomic E-state index is 12.4. The van der Waals surface area contributed by atoms with Crippen LogP contribution in [-0.2, 0) is 9.59 Å². The molecule has 0 amide bonds. The van der Waals surface area contributed by atoms with Crippen LogP contribution in [0.1, 0.15) is 41.3 Å². The molecule has 0 aromatic heterocycles. The largest absolute Gasteiger partial charge is 0.494 e. The van der Waals surface area contributed by atoms with Gasteiger partial charge in [0.05, 0.1) is 46.6 Å². The van der Waals surface area contributed by atoms with E-state index in [1.165, 1.54) is 21.3 Å². The zero-order chi connectivity index (χ0) is 30.0. The second-order valence-electron chi connectivity index (χ2n) is 9.45.